The molecule has 19 heavy (non-hydrogen) atoms. The summed E-state index contributed by atoms with van der Waals surface area (Å²) < 4.78 is 0. The summed E-state index contributed by atoms with van der Waals surface area (Å²) in [6.45, 7) is 6.38. The minimum atomic E-state index is -0.324. The maximum atomic E-state index is 11.6. The number of benzene rings is 1. The fourth-order valence-corrected chi connectivity index (χ4v) is 1.95. The highest BCUT2D eigenvalue weighted by Gasteiger charge is 2.06. The number of aliphatic hydroxyl groups is 1. The normalized spacial score (nSPS) is 14.3. The fourth-order valence-electron chi connectivity index (χ4n) is 1.95. The molecular weight excluding hydrogens is 238 g/mol. The molecule has 0 spiro atoms. The van der Waals surface area contributed by atoms with E-state index < -0.39 is 0 Å². The molecular formula is C16H23NO2. The van der Waals surface area contributed by atoms with Gasteiger partial charge in [-0.3, -0.25) is 4.79 Å². The highest BCUT2D eigenvalue weighted by Crippen LogP contribution is 2.06. The lowest BCUT2D eigenvalue weighted by Gasteiger charge is -2.13. The van der Waals surface area contributed by atoms with Crippen molar-refractivity contribution in [2.75, 3.05) is 6.54 Å². The quantitative estimate of drug-likeness (QED) is 0.773. The lowest BCUT2D eigenvalue weighted by molar-refractivity contribution is -0.116. The first-order chi connectivity index (χ1) is 8.97. The van der Waals surface area contributed by atoms with E-state index in [-0.39, 0.29) is 17.9 Å². The van der Waals surface area contributed by atoms with Crippen LogP contribution in [0.5, 0.6) is 0 Å². The molecule has 0 aliphatic carbocycles. The maximum Gasteiger partial charge on any atom is 0.244 e. The first-order valence-corrected chi connectivity index (χ1v) is 6.68. The van der Waals surface area contributed by atoms with Crippen LogP contribution >= 0.6 is 0 Å². The van der Waals surface area contributed by atoms with E-state index in [1.54, 1.807) is 13.0 Å². The van der Waals surface area contributed by atoms with Crippen LogP contribution in [-0.4, -0.2) is 23.7 Å². The van der Waals surface area contributed by atoms with E-state index in [2.05, 4.69) is 5.32 Å². The second-order valence-electron chi connectivity index (χ2n) is 5.18. The lowest BCUT2D eigenvalue weighted by Crippen LogP contribution is -2.27. The summed E-state index contributed by atoms with van der Waals surface area (Å²) >= 11 is 0. The van der Waals surface area contributed by atoms with Crippen LogP contribution in [0.1, 0.15) is 31.4 Å². The minimum absolute atomic E-state index is 0.0982. The van der Waals surface area contributed by atoms with Gasteiger partial charge in [-0.15, -0.1) is 0 Å². The van der Waals surface area contributed by atoms with Crippen molar-refractivity contribution in [3.05, 3.63) is 41.5 Å². The number of rotatable bonds is 6. The number of aryl methyl sites for hydroxylation is 1. The van der Waals surface area contributed by atoms with E-state index in [4.69, 9.17) is 0 Å². The van der Waals surface area contributed by atoms with Gasteiger partial charge in [0.25, 0.3) is 0 Å². The Labute approximate surface area is 115 Å². The van der Waals surface area contributed by atoms with Crippen LogP contribution in [0, 0.1) is 12.8 Å². The predicted molar refractivity (Wildman–Crippen MR) is 78.7 cm³/mol. The molecule has 0 heterocycles. The molecule has 1 amide bonds. The summed E-state index contributed by atoms with van der Waals surface area (Å²) in [5.41, 5.74) is 2.19. The molecule has 2 atom stereocenters. The number of amides is 1. The number of carbonyl (C=O) groups excluding carboxylic acids is 1. The van der Waals surface area contributed by atoms with Crippen molar-refractivity contribution in [1.82, 2.24) is 5.32 Å². The van der Waals surface area contributed by atoms with Crippen LogP contribution in [0.15, 0.2) is 30.3 Å². The molecule has 0 fully saturated rings. The Morgan fingerprint density at radius 2 is 2.16 bits per heavy atom. The van der Waals surface area contributed by atoms with Crippen molar-refractivity contribution in [2.45, 2.75) is 33.3 Å². The molecule has 0 aliphatic heterocycles. The highest BCUT2D eigenvalue weighted by atomic mass is 16.3. The highest BCUT2D eigenvalue weighted by molar-refractivity contribution is 5.91. The van der Waals surface area contributed by atoms with Crippen molar-refractivity contribution in [3.63, 3.8) is 0 Å². The second kappa shape index (κ2) is 7.74. The third-order valence-corrected chi connectivity index (χ3v) is 2.84. The zero-order valence-corrected chi connectivity index (χ0v) is 11.9. The van der Waals surface area contributed by atoms with Crippen molar-refractivity contribution in [1.29, 1.82) is 0 Å². The summed E-state index contributed by atoms with van der Waals surface area (Å²) in [6.07, 6.45) is 3.72. The molecule has 0 saturated heterocycles. The van der Waals surface area contributed by atoms with Crippen LogP contribution in [0.25, 0.3) is 6.08 Å². The van der Waals surface area contributed by atoms with Gasteiger partial charge in [0.05, 0.1) is 6.10 Å². The van der Waals surface area contributed by atoms with Gasteiger partial charge in [0.2, 0.25) is 5.91 Å². The summed E-state index contributed by atoms with van der Waals surface area (Å²) in [6, 6.07) is 7.99. The van der Waals surface area contributed by atoms with Gasteiger partial charge in [0.1, 0.15) is 0 Å². The average molecular weight is 261 g/mol. The van der Waals surface area contributed by atoms with Crippen LogP contribution in [0.4, 0.5) is 0 Å². The van der Waals surface area contributed by atoms with Crippen LogP contribution in [0.2, 0.25) is 0 Å². The number of nitrogens with one attached hydrogen (secondary N) is 1. The average Bonchev–Trinajstić information content (AvgIpc) is 2.33. The van der Waals surface area contributed by atoms with Crippen LogP contribution in [0.3, 0.4) is 0 Å². The van der Waals surface area contributed by atoms with E-state index in [0.717, 1.165) is 5.56 Å². The van der Waals surface area contributed by atoms with Crippen molar-refractivity contribution in [3.8, 4) is 0 Å². The molecule has 2 unspecified atom stereocenters. The number of hydrogen-bond acceptors (Lipinski definition) is 2. The third kappa shape index (κ3) is 6.77. The Hall–Kier alpha value is -1.61. The van der Waals surface area contributed by atoms with Gasteiger partial charge < -0.3 is 10.4 Å². The molecule has 0 aromatic heterocycles. The van der Waals surface area contributed by atoms with Gasteiger partial charge in [-0.05, 0) is 37.8 Å². The molecule has 3 heteroatoms. The summed E-state index contributed by atoms with van der Waals surface area (Å²) in [7, 11) is 0. The monoisotopic (exact) mass is 261 g/mol. The van der Waals surface area contributed by atoms with Gasteiger partial charge in [0, 0.05) is 12.6 Å². The Morgan fingerprint density at radius 3 is 2.79 bits per heavy atom. The minimum Gasteiger partial charge on any atom is -0.393 e. The van der Waals surface area contributed by atoms with E-state index in [9.17, 15) is 9.90 Å². The second-order valence-corrected chi connectivity index (χ2v) is 5.18. The van der Waals surface area contributed by atoms with E-state index in [0.29, 0.717) is 13.0 Å². The largest absolute Gasteiger partial charge is 0.393 e. The van der Waals surface area contributed by atoms with Gasteiger partial charge in [0.15, 0.2) is 0 Å². The Morgan fingerprint density at radius 1 is 1.42 bits per heavy atom. The van der Waals surface area contributed by atoms with Crippen molar-refractivity contribution < 1.29 is 9.90 Å². The van der Waals surface area contributed by atoms with Crippen LogP contribution < -0.4 is 5.32 Å². The number of hydrogen-bond donors (Lipinski definition) is 2. The Kier molecular flexibility index (Phi) is 6.30. The maximum absolute atomic E-state index is 11.6. The molecule has 3 nitrogen and oxygen atoms in total. The molecule has 2 N–H and O–H groups in total. The van der Waals surface area contributed by atoms with E-state index in [1.807, 2.05) is 44.2 Å². The zero-order chi connectivity index (χ0) is 14.3. The molecule has 0 saturated carbocycles. The first kappa shape index (κ1) is 15.4. The first-order valence-electron chi connectivity index (χ1n) is 6.68. The topological polar surface area (TPSA) is 49.3 Å². The number of aliphatic hydroxyl groups excluding tert-OH is 1. The molecule has 1 aromatic rings. The smallest absolute Gasteiger partial charge is 0.244 e. The molecule has 0 radical (unpaired) electrons. The predicted octanol–water partition coefficient (Wildman–Crippen LogP) is 2.53. The molecule has 1 rings (SSSR count). The fraction of sp³-hybridized carbons (Fsp3) is 0.438. The van der Waals surface area contributed by atoms with Gasteiger partial charge in [-0.2, -0.15) is 0 Å². The molecule has 0 bridgehead atoms. The lowest BCUT2D eigenvalue weighted by atomic mass is 10.0. The zero-order valence-electron chi connectivity index (χ0n) is 11.9. The van der Waals surface area contributed by atoms with E-state index in [1.165, 1.54) is 5.56 Å². The van der Waals surface area contributed by atoms with E-state index >= 15 is 0 Å². The summed E-state index contributed by atoms with van der Waals surface area (Å²) in [5.74, 6) is 0.176. The van der Waals surface area contributed by atoms with Gasteiger partial charge in [-0.1, -0.05) is 36.8 Å². The Balaban J connectivity index is 2.39. The molecule has 0 aliphatic rings. The molecule has 1 aromatic carbocycles. The summed E-state index contributed by atoms with van der Waals surface area (Å²) in [5, 5.41) is 12.1. The molecule has 104 valence electrons. The summed E-state index contributed by atoms with van der Waals surface area (Å²) in [4.78, 5) is 11.6. The van der Waals surface area contributed by atoms with Gasteiger partial charge in [-0.25, -0.2) is 0 Å². The standard InChI is InChI=1S/C16H23NO2/c1-12-5-4-6-15(10-12)7-8-16(19)17-11-13(2)9-14(3)18/h4-8,10,13-14,18H,9,11H2,1-3H3,(H,17,19). The van der Waals surface area contributed by atoms with Crippen LogP contribution in [-0.2, 0) is 4.79 Å². The van der Waals surface area contributed by atoms with Gasteiger partial charge >= 0.3 is 0 Å². The van der Waals surface area contributed by atoms with Crippen molar-refractivity contribution >= 4 is 12.0 Å². The Bertz CT molecular complexity index is 438. The SMILES string of the molecule is Cc1cccc(C=CC(=O)NCC(C)CC(C)O)c1. The van der Waals surface area contributed by atoms with Crippen molar-refractivity contribution in [2.24, 2.45) is 5.92 Å². The number of carbonyl (C=O) groups is 1. The third-order valence-electron chi connectivity index (χ3n) is 2.84.